The quantitative estimate of drug-likeness (QED) is 0.849. The minimum atomic E-state index is -4.06. The highest BCUT2D eigenvalue weighted by atomic mass is 19.4. The van der Waals surface area contributed by atoms with Gasteiger partial charge < -0.3 is 5.11 Å². The highest BCUT2D eigenvalue weighted by molar-refractivity contribution is 5.36. The zero-order valence-corrected chi connectivity index (χ0v) is 11.7. The average Bonchev–Trinajstić information content (AvgIpc) is 2.46. The SMILES string of the molecule is OCC#Cc1ccc(CN2CCC(C(F)(F)F)CC2)cc1. The van der Waals surface area contributed by atoms with E-state index in [9.17, 15) is 13.2 Å². The summed E-state index contributed by atoms with van der Waals surface area (Å²) < 4.78 is 37.8. The Bertz CT molecular complexity index is 505. The molecule has 5 heteroatoms. The number of benzene rings is 1. The van der Waals surface area contributed by atoms with E-state index in [4.69, 9.17) is 5.11 Å². The third-order valence-electron chi connectivity index (χ3n) is 3.72. The minimum absolute atomic E-state index is 0.171. The molecule has 0 aliphatic carbocycles. The highest BCUT2D eigenvalue weighted by Gasteiger charge is 2.40. The van der Waals surface area contributed by atoms with Crippen LogP contribution in [-0.4, -0.2) is 35.9 Å². The van der Waals surface area contributed by atoms with E-state index in [0.717, 1.165) is 11.1 Å². The van der Waals surface area contributed by atoms with Crippen LogP contribution in [0, 0.1) is 17.8 Å². The molecule has 1 aromatic carbocycles. The van der Waals surface area contributed by atoms with Crippen LogP contribution in [0.3, 0.4) is 0 Å². The molecule has 0 unspecified atom stereocenters. The van der Waals surface area contributed by atoms with Crippen molar-refractivity contribution < 1.29 is 18.3 Å². The molecule has 0 bridgehead atoms. The van der Waals surface area contributed by atoms with Gasteiger partial charge in [-0.2, -0.15) is 13.2 Å². The summed E-state index contributed by atoms with van der Waals surface area (Å²) >= 11 is 0. The average molecular weight is 297 g/mol. The van der Waals surface area contributed by atoms with E-state index in [1.165, 1.54) is 0 Å². The van der Waals surface area contributed by atoms with E-state index in [-0.39, 0.29) is 19.4 Å². The van der Waals surface area contributed by atoms with Gasteiger partial charge in [-0.15, -0.1) is 0 Å². The maximum Gasteiger partial charge on any atom is 0.391 e. The van der Waals surface area contributed by atoms with Crippen LogP contribution < -0.4 is 0 Å². The van der Waals surface area contributed by atoms with E-state index in [0.29, 0.717) is 19.6 Å². The highest BCUT2D eigenvalue weighted by Crippen LogP contribution is 2.34. The van der Waals surface area contributed by atoms with Gasteiger partial charge in [-0.3, -0.25) is 4.90 Å². The van der Waals surface area contributed by atoms with Crippen molar-refractivity contribution in [1.82, 2.24) is 4.90 Å². The predicted octanol–water partition coefficient (Wildman–Crippen LogP) is 2.80. The second kappa shape index (κ2) is 6.97. The molecule has 1 aliphatic rings. The Hall–Kier alpha value is -1.51. The molecule has 0 spiro atoms. The zero-order valence-electron chi connectivity index (χ0n) is 11.7. The number of rotatable bonds is 2. The van der Waals surface area contributed by atoms with E-state index in [1.807, 2.05) is 24.3 Å². The zero-order chi connectivity index (χ0) is 15.3. The molecule has 0 amide bonds. The van der Waals surface area contributed by atoms with Gasteiger partial charge >= 0.3 is 6.18 Å². The van der Waals surface area contributed by atoms with Crippen molar-refractivity contribution in [1.29, 1.82) is 0 Å². The Balaban J connectivity index is 1.86. The Morgan fingerprint density at radius 3 is 2.29 bits per heavy atom. The number of aliphatic hydroxyl groups excluding tert-OH is 1. The number of aliphatic hydroxyl groups is 1. The van der Waals surface area contributed by atoms with Crippen LogP contribution in [0.1, 0.15) is 24.0 Å². The van der Waals surface area contributed by atoms with E-state index >= 15 is 0 Å². The van der Waals surface area contributed by atoms with Crippen LogP contribution in [0.25, 0.3) is 0 Å². The number of alkyl halides is 3. The lowest BCUT2D eigenvalue weighted by Crippen LogP contribution is -2.38. The van der Waals surface area contributed by atoms with Gasteiger partial charge in [0, 0.05) is 12.1 Å². The Morgan fingerprint density at radius 1 is 1.14 bits per heavy atom. The number of likely N-dealkylation sites (tertiary alicyclic amines) is 1. The van der Waals surface area contributed by atoms with E-state index in [2.05, 4.69) is 16.7 Å². The van der Waals surface area contributed by atoms with Gasteiger partial charge in [-0.05, 0) is 43.6 Å². The first-order chi connectivity index (χ1) is 9.99. The van der Waals surface area contributed by atoms with Gasteiger partial charge in [0.15, 0.2) is 0 Å². The molecule has 21 heavy (non-hydrogen) atoms. The molecule has 1 N–H and O–H groups in total. The maximum absolute atomic E-state index is 12.6. The molecule has 0 atom stereocenters. The summed E-state index contributed by atoms with van der Waals surface area (Å²) in [7, 11) is 0. The van der Waals surface area contributed by atoms with Crippen molar-refractivity contribution in [2.45, 2.75) is 25.6 Å². The summed E-state index contributed by atoms with van der Waals surface area (Å²) in [5.74, 6) is 4.23. The fraction of sp³-hybridized carbons (Fsp3) is 0.500. The topological polar surface area (TPSA) is 23.5 Å². The second-order valence-corrected chi connectivity index (χ2v) is 5.25. The van der Waals surface area contributed by atoms with Crippen molar-refractivity contribution in [2.75, 3.05) is 19.7 Å². The monoisotopic (exact) mass is 297 g/mol. The first kappa shape index (κ1) is 15.9. The number of hydrogen-bond acceptors (Lipinski definition) is 2. The molecule has 1 heterocycles. The molecule has 1 fully saturated rings. The van der Waals surface area contributed by atoms with Gasteiger partial charge in [0.1, 0.15) is 6.61 Å². The molecule has 1 aliphatic heterocycles. The fourth-order valence-corrected chi connectivity index (χ4v) is 2.51. The lowest BCUT2D eigenvalue weighted by Gasteiger charge is -2.32. The fourth-order valence-electron chi connectivity index (χ4n) is 2.51. The molecule has 2 nitrogen and oxygen atoms in total. The summed E-state index contributed by atoms with van der Waals surface area (Å²) in [5.41, 5.74) is 1.89. The molecule has 0 radical (unpaired) electrons. The smallest absolute Gasteiger partial charge is 0.384 e. The van der Waals surface area contributed by atoms with Gasteiger partial charge in [0.25, 0.3) is 0 Å². The lowest BCUT2D eigenvalue weighted by molar-refractivity contribution is -0.185. The van der Waals surface area contributed by atoms with Crippen molar-refractivity contribution in [2.24, 2.45) is 5.92 Å². The normalized spacial score (nSPS) is 17.3. The van der Waals surface area contributed by atoms with E-state index in [1.54, 1.807) is 0 Å². The Kier molecular flexibility index (Phi) is 5.27. The predicted molar refractivity (Wildman–Crippen MR) is 74.5 cm³/mol. The number of hydrogen-bond donors (Lipinski definition) is 1. The molecule has 0 saturated carbocycles. The Morgan fingerprint density at radius 2 is 1.76 bits per heavy atom. The number of nitrogens with zero attached hydrogens (tertiary/aromatic N) is 1. The molecule has 2 rings (SSSR count). The first-order valence-electron chi connectivity index (χ1n) is 6.97. The summed E-state index contributed by atoms with van der Waals surface area (Å²) in [6.45, 7) is 1.46. The molecular weight excluding hydrogens is 279 g/mol. The van der Waals surface area contributed by atoms with Gasteiger partial charge in [-0.1, -0.05) is 24.0 Å². The van der Waals surface area contributed by atoms with Crippen LogP contribution in [0.2, 0.25) is 0 Å². The molecule has 1 aromatic rings. The maximum atomic E-state index is 12.6. The minimum Gasteiger partial charge on any atom is -0.384 e. The van der Waals surface area contributed by atoms with Crippen LogP contribution in [0.5, 0.6) is 0 Å². The third kappa shape index (κ3) is 4.76. The van der Waals surface area contributed by atoms with Crippen molar-refractivity contribution in [3.8, 4) is 11.8 Å². The Labute approximate surface area is 122 Å². The number of piperidine rings is 1. The molecule has 1 saturated heterocycles. The van der Waals surface area contributed by atoms with Gasteiger partial charge in [-0.25, -0.2) is 0 Å². The van der Waals surface area contributed by atoms with Crippen molar-refractivity contribution >= 4 is 0 Å². The van der Waals surface area contributed by atoms with E-state index < -0.39 is 12.1 Å². The van der Waals surface area contributed by atoms with Crippen LogP contribution >= 0.6 is 0 Å². The molecule has 114 valence electrons. The lowest BCUT2D eigenvalue weighted by atomic mass is 9.96. The first-order valence-corrected chi connectivity index (χ1v) is 6.97. The van der Waals surface area contributed by atoms with Crippen LogP contribution in [0.15, 0.2) is 24.3 Å². The van der Waals surface area contributed by atoms with Gasteiger partial charge in [0.05, 0.1) is 5.92 Å². The standard InChI is InChI=1S/C16H18F3NO/c17-16(18,19)15-7-9-20(10-8-15)12-14-5-3-13(4-6-14)2-1-11-21/h3-6,15,21H,7-12H2. The third-order valence-corrected chi connectivity index (χ3v) is 3.72. The summed E-state index contributed by atoms with van der Waals surface area (Å²) in [4.78, 5) is 2.05. The molecular formula is C16H18F3NO. The summed E-state index contributed by atoms with van der Waals surface area (Å²) in [5, 5.41) is 8.62. The van der Waals surface area contributed by atoms with Crippen LogP contribution in [-0.2, 0) is 6.54 Å². The second-order valence-electron chi connectivity index (χ2n) is 5.25. The largest absolute Gasteiger partial charge is 0.391 e. The summed E-state index contributed by atoms with van der Waals surface area (Å²) in [6.07, 6.45) is -3.69. The van der Waals surface area contributed by atoms with Crippen molar-refractivity contribution in [3.05, 3.63) is 35.4 Å². The van der Waals surface area contributed by atoms with Crippen LogP contribution in [0.4, 0.5) is 13.2 Å². The molecule has 0 aromatic heterocycles. The van der Waals surface area contributed by atoms with Gasteiger partial charge in [0.2, 0.25) is 0 Å². The summed E-state index contributed by atoms with van der Waals surface area (Å²) in [6, 6.07) is 7.58. The van der Waals surface area contributed by atoms with Crippen molar-refractivity contribution in [3.63, 3.8) is 0 Å². The number of halogens is 3.